The van der Waals surface area contributed by atoms with Crippen LogP contribution in [-0.2, 0) is 0 Å². The fourth-order valence-electron chi connectivity index (χ4n) is 3.39. The van der Waals surface area contributed by atoms with E-state index in [1.54, 1.807) is 0 Å². The first kappa shape index (κ1) is 15.4. The van der Waals surface area contributed by atoms with Gasteiger partial charge >= 0.3 is 0 Å². The fourth-order valence-corrected chi connectivity index (χ4v) is 3.39. The monoisotopic (exact) mass is 320 g/mol. The second-order valence-electron chi connectivity index (χ2n) is 6.31. The third-order valence-electron chi connectivity index (χ3n) is 4.62. The van der Waals surface area contributed by atoms with Crippen LogP contribution in [0.5, 0.6) is 0 Å². The first-order valence-corrected chi connectivity index (χ1v) is 8.64. The molecule has 25 heavy (non-hydrogen) atoms. The minimum Gasteiger partial charge on any atom is -0.0622 e. The average molecular weight is 320 g/mol. The summed E-state index contributed by atoms with van der Waals surface area (Å²) in [4.78, 5) is 0. The summed E-state index contributed by atoms with van der Waals surface area (Å²) >= 11 is 0. The van der Waals surface area contributed by atoms with E-state index in [4.69, 9.17) is 0 Å². The van der Waals surface area contributed by atoms with E-state index in [1.165, 1.54) is 38.9 Å². The fraction of sp³-hybridized carbons (Fsp3) is 0.0400. The number of hydrogen-bond donors (Lipinski definition) is 0. The summed E-state index contributed by atoms with van der Waals surface area (Å²) in [5.41, 5.74) is 8.91. The highest BCUT2D eigenvalue weighted by Crippen LogP contribution is 2.36. The Hall–Kier alpha value is -3.12. The Morgan fingerprint density at radius 1 is 0.440 bits per heavy atom. The molecule has 0 aromatic heterocycles. The van der Waals surface area contributed by atoms with Gasteiger partial charge in [0.2, 0.25) is 0 Å². The Morgan fingerprint density at radius 2 is 1.00 bits per heavy atom. The van der Waals surface area contributed by atoms with Crippen LogP contribution in [0.3, 0.4) is 0 Å². The minimum atomic E-state index is 1.25. The van der Waals surface area contributed by atoms with E-state index in [0.717, 1.165) is 0 Å². The van der Waals surface area contributed by atoms with Crippen LogP contribution in [0, 0.1) is 6.92 Å². The predicted molar refractivity (Wildman–Crippen MR) is 107 cm³/mol. The highest BCUT2D eigenvalue weighted by molar-refractivity contribution is 5.87. The van der Waals surface area contributed by atoms with E-state index in [2.05, 4.69) is 110 Å². The Balaban J connectivity index is 1.88. The molecule has 4 rings (SSSR count). The molecule has 0 aliphatic carbocycles. The van der Waals surface area contributed by atoms with Crippen molar-refractivity contribution >= 4 is 0 Å². The van der Waals surface area contributed by atoms with Gasteiger partial charge in [-0.15, -0.1) is 0 Å². The second-order valence-corrected chi connectivity index (χ2v) is 6.31. The topological polar surface area (TPSA) is 0 Å². The van der Waals surface area contributed by atoms with Gasteiger partial charge in [0, 0.05) is 0 Å². The normalized spacial score (nSPS) is 10.6. The lowest BCUT2D eigenvalue weighted by atomic mass is 9.90. The third kappa shape index (κ3) is 3.12. The number of aryl methyl sites for hydroxylation is 1. The molecule has 0 N–H and O–H groups in total. The van der Waals surface area contributed by atoms with Crippen LogP contribution in [0.2, 0.25) is 0 Å². The van der Waals surface area contributed by atoms with E-state index in [1.807, 2.05) is 0 Å². The van der Waals surface area contributed by atoms with Crippen LogP contribution in [0.4, 0.5) is 0 Å². The van der Waals surface area contributed by atoms with Gasteiger partial charge in [0.15, 0.2) is 0 Å². The van der Waals surface area contributed by atoms with Crippen molar-refractivity contribution in [2.24, 2.45) is 0 Å². The summed E-state index contributed by atoms with van der Waals surface area (Å²) in [7, 11) is 0. The summed E-state index contributed by atoms with van der Waals surface area (Å²) in [6.07, 6.45) is 0. The van der Waals surface area contributed by atoms with Gasteiger partial charge in [0.05, 0.1) is 0 Å². The zero-order valence-corrected chi connectivity index (χ0v) is 14.3. The maximum absolute atomic E-state index is 2.29. The molecule has 0 heteroatoms. The maximum atomic E-state index is 2.29. The molecule has 0 fully saturated rings. The molecule has 0 heterocycles. The maximum Gasteiger partial charge on any atom is -0.00761 e. The van der Waals surface area contributed by atoms with Gasteiger partial charge in [-0.1, -0.05) is 97.1 Å². The lowest BCUT2D eigenvalue weighted by molar-refractivity contribution is 1.45. The van der Waals surface area contributed by atoms with Crippen LogP contribution in [0.15, 0.2) is 103 Å². The minimum absolute atomic E-state index is 1.25. The lowest BCUT2D eigenvalue weighted by Crippen LogP contribution is -1.89. The van der Waals surface area contributed by atoms with Crippen molar-refractivity contribution in [3.05, 3.63) is 109 Å². The Kier molecular flexibility index (Phi) is 4.18. The average Bonchev–Trinajstić information content (AvgIpc) is 2.69. The van der Waals surface area contributed by atoms with Crippen LogP contribution in [0.25, 0.3) is 33.4 Å². The second kappa shape index (κ2) is 6.78. The molecule has 0 saturated heterocycles. The Morgan fingerprint density at radius 3 is 1.72 bits per heavy atom. The summed E-state index contributed by atoms with van der Waals surface area (Å²) in [6.45, 7) is 2.19. The van der Waals surface area contributed by atoms with E-state index < -0.39 is 0 Å². The van der Waals surface area contributed by atoms with Crippen LogP contribution < -0.4 is 0 Å². The van der Waals surface area contributed by atoms with Gasteiger partial charge in [-0.05, 0) is 51.9 Å². The molecule has 4 aromatic carbocycles. The van der Waals surface area contributed by atoms with Crippen LogP contribution in [-0.4, -0.2) is 0 Å². The highest BCUT2D eigenvalue weighted by Gasteiger charge is 2.10. The molecule has 0 aliphatic rings. The van der Waals surface area contributed by atoms with Crippen molar-refractivity contribution < 1.29 is 0 Å². The first-order chi connectivity index (χ1) is 12.3. The molecule has 0 radical (unpaired) electrons. The van der Waals surface area contributed by atoms with Gasteiger partial charge < -0.3 is 0 Å². The van der Waals surface area contributed by atoms with E-state index in [-0.39, 0.29) is 0 Å². The van der Waals surface area contributed by atoms with Crippen molar-refractivity contribution in [2.45, 2.75) is 6.92 Å². The molecule has 0 saturated carbocycles. The van der Waals surface area contributed by atoms with Gasteiger partial charge in [0.1, 0.15) is 0 Å². The Labute approximate surface area is 149 Å². The van der Waals surface area contributed by atoms with Gasteiger partial charge in [-0.2, -0.15) is 0 Å². The molecule has 0 bridgehead atoms. The highest BCUT2D eigenvalue weighted by atomic mass is 14.1. The molecule has 0 unspecified atom stereocenters. The molecule has 0 nitrogen and oxygen atoms in total. The van der Waals surface area contributed by atoms with Gasteiger partial charge in [-0.25, -0.2) is 0 Å². The zero-order valence-electron chi connectivity index (χ0n) is 14.3. The van der Waals surface area contributed by atoms with Crippen molar-refractivity contribution in [2.75, 3.05) is 0 Å². The predicted octanol–water partition coefficient (Wildman–Crippen LogP) is 7.00. The molecular formula is C25H20. The Bertz CT molecular complexity index is 983. The van der Waals surface area contributed by atoms with E-state index >= 15 is 0 Å². The van der Waals surface area contributed by atoms with Crippen molar-refractivity contribution in [3.63, 3.8) is 0 Å². The molecule has 0 spiro atoms. The third-order valence-corrected chi connectivity index (χ3v) is 4.62. The van der Waals surface area contributed by atoms with Crippen molar-refractivity contribution in [3.8, 4) is 33.4 Å². The quantitative estimate of drug-likeness (QED) is 0.381. The molecule has 0 aliphatic heterocycles. The van der Waals surface area contributed by atoms with Crippen molar-refractivity contribution in [1.29, 1.82) is 0 Å². The molecule has 4 aromatic rings. The van der Waals surface area contributed by atoms with Crippen molar-refractivity contribution in [1.82, 2.24) is 0 Å². The number of benzene rings is 4. The summed E-state index contributed by atoms with van der Waals surface area (Å²) in [6, 6.07) is 36.6. The molecular weight excluding hydrogens is 300 g/mol. The lowest BCUT2D eigenvalue weighted by Gasteiger charge is -2.14. The first-order valence-electron chi connectivity index (χ1n) is 8.64. The van der Waals surface area contributed by atoms with E-state index in [9.17, 15) is 0 Å². The van der Waals surface area contributed by atoms with Crippen LogP contribution in [0.1, 0.15) is 5.56 Å². The smallest absolute Gasteiger partial charge is 0.00761 e. The van der Waals surface area contributed by atoms with Gasteiger partial charge in [0.25, 0.3) is 0 Å². The number of hydrogen-bond acceptors (Lipinski definition) is 0. The zero-order chi connectivity index (χ0) is 17.1. The molecule has 0 amide bonds. The summed E-state index contributed by atoms with van der Waals surface area (Å²) in [5, 5.41) is 0. The molecule has 120 valence electrons. The number of rotatable bonds is 3. The van der Waals surface area contributed by atoms with E-state index in [0.29, 0.717) is 0 Å². The van der Waals surface area contributed by atoms with Crippen LogP contribution >= 0.6 is 0 Å². The molecule has 0 atom stereocenters. The SMILES string of the molecule is Cc1cccc(-c2cccc(-c3ccccc3)c2)c1-c1ccccc1. The summed E-state index contributed by atoms with van der Waals surface area (Å²) in [5.74, 6) is 0. The largest absolute Gasteiger partial charge is 0.0622 e. The standard InChI is InChI=1S/C25H20/c1-19-10-8-17-24(25(19)21-13-6-3-7-14-21)23-16-9-15-22(18-23)20-11-4-2-5-12-20/h2-18H,1H3. The summed E-state index contributed by atoms with van der Waals surface area (Å²) < 4.78 is 0. The van der Waals surface area contributed by atoms with Gasteiger partial charge in [-0.3, -0.25) is 0 Å².